The van der Waals surface area contributed by atoms with E-state index in [2.05, 4.69) is 10.3 Å². The van der Waals surface area contributed by atoms with Gasteiger partial charge in [-0.05, 0) is 38.3 Å². The Labute approximate surface area is 139 Å². The Balaban J connectivity index is 2.89. The van der Waals surface area contributed by atoms with E-state index < -0.39 is 32.2 Å². The summed E-state index contributed by atoms with van der Waals surface area (Å²) in [5, 5.41) is 2.26. The number of pyridine rings is 1. The van der Waals surface area contributed by atoms with Gasteiger partial charge >= 0.3 is 6.18 Å². The molecule has 0 aliphatic heterocycles. The summed E-state index contributed by atoms with van der Waals surface area (Å²) in [5.41, 5.74) is -0.954. The van der Waals surface area contributed by atoms with Gasteiger partial charge in [-0.1, -0.05) is 13.8 Å². The second-order valence-corrected chi connectivity index (χ2v) is 9.05. The Morgan fingerprint density at radius 2 is 1.83 bits per heavy atom. The highest BCUT2D eigenvalue weighted by molar-refractivity contribution is 7.93. The van der Waals surface area contributed by atoms with Gasteiger partial charge in [0.25, 0.3) is 0 Å². The molecular weight excluding hydrogens is 345 g/mol. The van der Waals surface area contributed by atoms with Crippen molar-refractivity contribution in [2.45, 2.75) is 45.0 Å². The summed E-state index contributed by atoms with van der Waals surface area (Å²) in [6, 6.07) is 1.75. The van der Waals surface area contributed by atoms with Crippen LogP contribution < -0.4 is 5.32 Å². The first-order valence-corrected chi connectivity index (χ1v) is 8.99. The molecule has 1 rings (SSSR count). The van der Waals surface area contributed by atoms with Crippen molar-refractivity contribution in [3.63, 3.8) is 0 Å². The number of hydrogen-bond donors (Lipinski definition) is 1. The van der Waals surface area contributed by atoms with E-state index in [1.165, 1.54) is 13.8 Å². The van der Waals surface area contributed by atoms with Crippen LogP contribution in [0.5, 0.6) is 0 Å². The summed E-state index contributed by atoms with van der Waals surface area (Å²) in [4.78, 5) is 15.8. The molecule has 1 heterocycles. The second kappa shape index (κ2) is 7.08. The largest absolute Gasteiger partial charge is 0.417 e. The Hall–Kier alpha value is -1.64. The summed E-state index contributed by atoms with van der Waals surface area (Å²) in [6.45, 7) is 6.27. The van der Waals surface area contributed by atoms with Crippen LogP contribution in [0.1, 0.15) is 39.7 Å². The first kappa shape index (κ1) is 20.4. The zero-order valence-electron chi connectivity index (χ0n) is 13.9. The highest BCUT2D eigenvalue weighted by Crippen LogP contribution is 2.29. The van der Waals surface area contributed by atoms with Gasteiger partial charge in [-0.2, -0.15) is 13.2 Å². The summed E-state index contributed by atoms with van der Waals surface area (Å²) in [5.74, 6) is -0.959. The van der Waals surface area contributed by atoms with Crippen molar-refractivity contribution in [1.82, 2.24) is 4.98 Å². The number of hydrogen-bond acceptors (Lipinski definition) is 4. The first-order valence-electron chi connectivity index (χ1n) is 7.34. The molecule has 0 saturated carbocycles. The van der Waals surface area contributed by atoms with Crippen molar-refractivity contribution in [3.8, 4) is 0 Å². The third-order valence-electron chi connectivity index (χ3n) is 3.62. The van der Waals surface area contributed by atoms with Crippen molar-refractivity contribution in [1.29, 1.82) is 0 Å². The smallest absolute Gasteiger partial charge is 0.309 e. The molecule has 0 bridgehead atoms. The molecule has 0 aliphatic carbocycles. The molecular formula is C15H21F3N2O3S. The standard InChI is InChI=1S/C15H21F3N2O3S/c1-10(2)7-8-24(22,23)14(3,4)13(21)20-12-6-5-11(9-19-12)15(16,17)18/h5-6,9-10H,7-8H2,1-4H3,(H,19,20,21). The molecule has 0 unspecified atom stereocenters. The average molecular weight is 366 g/mol. The molecule has 0 radical (unpaired) electrons. The lowest BCUT2D eigenvalue weighted by molar-refractivity contribution is -0.137. The minimum absolute atomic E-state index is 0.139. The number of amides is 1. The minimum atomic E-state index is -4.53. The maximum Gasteiger partial charge on any atom is 0.417 e. The number of carbonyl (C=O) groups excluding carboxylic acids is 1. The Bertz CT molecular complexity index is 681. The highest BCUT2D eigenvalue weighted by atomic mass is 32.2. The summed E-state index contributed by atoms with van der Waals surface area (Å²) >= 11 is 0. The topological polar surface area (TPSA) is 76.1 Å². The number of carbonyl (C=O) groups is 1. The second-order valence-electron chi connectivity index (χ2n) is 6.40. The van der Waals surface area contributed by atoms with Crippen LogP contribution in [-0.2, 0) is 20.8 Å². The average Bonchev–Trinajstić information content (AvgIpc) is 2.44. The van der Waals surface area contributed by atoms with E-state index >= 15 is 0 Å². The van der Waals surface area contributed by atoms with E-state index in [1.807, 2.05) is 13.8 Å². The van der Waals surface area contributed by atoms with Crippen molar-refractivity contribution in [2.75, 3.05) is 11.1 Å². The molecule has 0 saturated heterocycles. The van der Waals surface area contributed by atoms with Gasteiger partial charge in [0.15, 0.2) is 9.84 Å². The van der Waals surface area contributed by atoms with Crippen molar-refractivity contribution < 1.29 is 26.4 Å². The van der Waals surface area contributed by atoms with Crippen LogP contribution in [0.4, 0.5) is 19.0 Å². The third-order valence-corrected chi connectivity index (χ3v) is 6.13. The number of alkyl halides is 3. The number of sulfone groups is 1. The lowest BCUT2D eigenvalue weighted by Crippen LogP contribution is -2.45. The molecule has 0 atom stereocenters. The molecule has 0 aromatic carbocycles. The maximum atomic E-state index is 12.5. The van der Waals surface area contributed by atoms with Crippen LogP contribution in [0.3, 0.4) is 0 Å². The normalized spacial score (nSPS) is 13.2. The molecule has 0 spiro atoms. The van der Waals surface area contributed by atoms with Crippen LogP contribution >= 0.6 is 0 Å². The Morgan fingerprint density at radius 3 is 2.25 bits per heavy atom. The summed E-state index contributed by atoms with van der Waals surface area (Å²) in [6.07, 6.45) is -3.54. The summed E-state index contributed by atoms with van der Waals surface area (Å²) in [7, 11) is -3.73. The fourth-order valence-corrected chi connectivity index (χ4v) is 3.32. The molecule has 5 nitrogen and oxygen atoms in total. The molecule has 9 heteroatoms. The van der Waals surface area contributed by atoms with E-state index in [0.29, 0.717) is 12.6 Å². The van der Waals surface area contributed by atoms with Gasteiger partial charge in [0.05, 0.1) is 11.3 Å². The van der Waals surface area contributed by atoms with Crippen molar-refractivity contribution >= 4 is 21.6 Å². The van der Waals surface area contributed by atoms with Gasteiger partial charge < -0.3 is 5.32 Å². The van der Waals surface area contributed by atoms with E-state index in [9.17, 15) is 26.4 Å². The van der Waals surface area contributed by atoms with E-state index in [1.54, 1.807) is 0 Å². The van der Waals surface area contributed by atoms with Gasteiger partial charge in [-0.15, -0.1) is 0 Å². The molecule has 1 N–H and O–H groups in total. The zero-order valence-corrected chi connectivity index (χ0v) is 14.8. The van der Waals surface area contributed by atoms with E-state index in [-0.39, 0.29) is 17.5 Å². The van der Waals surface area contributed by atoms with Crippen molar-refractivity contribution in [3.05, 3.63) is 23.9 Å². The number of rotatable bonds is 6. The number of halogens is 3. The van der Waals surface area contributed by atoms with Crippen molar-refractivity contribution in [2.24, 2.45) is 5.92 Å². The molecule has 0 aliphatic rings. The Kier molecular flexibility index (Phi) is 6.02. The van der Waals surface area contributed by atoms with E-state index in [0.717, 1.165) is 12.1 Å². The number of anilines is 1. The predicted molar refractivity (Wildman–Crippen MR) is 85.2 cm³/mol. The van der Waals surface area contributed by atoms with Gasteiger partial charge in [0.2, 0.25) is 5.91 Å². The SMILES string of the molecule is CC(C)CCS(=O)(=O)C(C)(C)C(=O)Nc1ccc(C(F)(F)F)cn1. The quantitative estimate of drug-likeness (QED) is 0.838. The van der Waals surface area contributed by atoms with Crippen LogP contribution in [0.2, 0.25) is 0 Å². The van der Waals surface area contributed by atoms with Gasteiger partial charge in [0, 0.05) is 6.20 Å². The lowest BCUT2D eigenvalue weighted by atomic mass is 10.2. The maximum absolute atomic E-state index is 12.5. The number of nitrogens with zero attached hydrogens (tertiary/aromatic N) is 1. The molecule has 1 amide bonds. The molecule has 0 fully saturated rings. The molecule has 1 aromatic rings. The summed E-state index contributed by atoms with van der Waals surface area (Å²) < 4.78 is 60.4. The fourth-order valence-electron chi connectivity index (χ4n) is 1.69. The first-order chi connectivity index (χ1) is 10.8. The fraction of sp³-hybridized carbons (Fsp3) is 0.600. The van der Waals surface area contributed by atoms with Crippen LogP contribution in [0.15, 0.2) is 18.3 Å². The molecule has 1 aromatic heterocycles. The number of nitrogens with one attached hydrogen (secondary N) is 1. The Morgan fingerprint density at radius 1 is 1.25 bits per heavy atom. The minimum Gasteiger partial charge on any atom is -0.309 e. The monoisotopic (exact) mass is 366 g/mol. The molecule has 136 valence electrons. The van der Waals surface area contributed by atoms with Crippen LogP contribution in [0, 0.1) is 5.92 Å². The van der Waals surface area contributed by atoms with Gasteiger partial charge in [0.1, 0.15) is 10.6 Å². The van der Waals surface area contributed by atoms with Gasteiger partial charge in [-0.25, -0.2) is 13.4 Å². The lowest BCUT2D eigenvalue weighted by Gasteiger charge is -2.24. The van der Waals surface area contributed by atoms with Gasteiger partial charge in [-0.3, -0.25) is 4.79 Å². The number of aromatic nitrogens is 1. The third kappa shape index (κ3) is 4.93. The zero-order chi connectivity index (χ0) is 18.8. The van der Waals surface area contributed by atoms with E-state index in [4.69, 9.17) is 0 Å². The molecule has 24 heavy (non-hydrogen) atoms. The van der Waals surface area contributed by atoms with Crippen LogP contribution in [-0.4, -0.2) is 29.8 Å². The highest BCUT2D eigenvalue weighted by Gasteiger charge is 2.41. The predicted octanol–water partition coefficient (Wildman–Crippen LogP) is 3.28. The van der Waals surface area contributed by atoms with Crippen LogP contribution in [0.25, 0.3) is 0 Å².